The lowest BCUT2D eigenvalue weighted by molar-refractivity contribution is -0.116. The molecule has 2 heteroatoms. The van der Waals surface area contributed by atoms with Gasteiger partial charge in [0, 0.05) is 18.9 Å². The maximum atomic E-state index is 10.6. The van der Waals surface area contributed by atoms with Crippen molar-refractivity contribution in [3.8, 4) is 0 Å². The van der Waals surface area contributed by atoms with Gasteiger partial charge in [-0.3, -0.25) is 4.79 Å². The number of carbonyl (C=O) groups excluding carboxylic acids is 1. The molecule has 1 rings (SSSR count). The van der Waals surface area contributed by atoms with Crippen LogP contribution in [0.25, 0.3) is 0 Å². The quantitative estimate of drug-likeness (QED) is 0.533. The number of allylic oxidation sites excluding steroid dienone is 2. The number of aliphatic hydroxyl groups is 1. The molecule has 1 aliphatic carbocycles. The Balaban J connectivity index is 2.67. The Labute approximate surface area is 54.2 Å². The first-order valence-electron chi connectivity index (χ1n) is 3.11. The fourth-order valence-electron chi connectivity index (χ4n) is 1.08. The molecule has 0 radical (unpaired) electrons. The van der Waals surface area contributed by atoms with E-state index in [-0.39, 0.29) is 11.5 Å². The van der Waals surface area contributed by atoms with E-state index < -0.39 is 0 Å². The van der Waals surface area contributed by atoms with E-state index in [1.165, 1.54) is 6.08 Å². The average Bonchev–Trinajstić information content (AvgIpc) is 1.59. The molecule has 0 heterocycles. The van der Waals surface area contributed by atoms with Crippen molar-refractivity contribution in [2.75, 3.05) is 0 Å². The van der Waals surface area contributed by atoms with Crippen molar-refractivity contribution >= 4 is 5.78 Å². The smallest absolute Gasteiger partial charge is 0.159 e. The van der Waals surface area contributed by atoms with Gasteiger partial charge in [-0.15, -0.1) is 0 Å². The number of ketones is 1. The van der Waals surface area contributed by atoms with Gasteiger partial charge in [-0.25, -0.2) is 0 Å². The molecule has 0 aromatic heterocycles. The van der Waals surface area contributed by atoms with Gasteiger partial charge in [0.2, 0.25) is 0 Å². The predicted octanol–water partition coefficient (Wildman–Crippen LogP) is 1.43. The van der Waals surface area contributed by atoms with Crippen molar-refractivity contribution < 1.29 is 9.90 Å². The second-order valence-corrected chi connectivity index (χ2v) is 2.62. The highest BCUT2D eigenvalue weighted by Gasteiger charge is 2.15. The van der Waals surface area contributed by atoms with Crippen molar-refractivity contribution in [2.24, 2.45) is 5.92 Å². The molecule has 0 amide bonds. The molecular weight excluding hydrogens is 116 g/mol. The van der Waals surface area contributed by atoms with Crippen LogP contribution in [0, 0.1) is 5.92 Å². The largest absolute Gasteiger partial charge is 0.512 e. The first-order valence-corrected chi connectivity index (χ1v) is 3.11. The fraction of sp³-hybridized carbons (Fsp3) is 0.571. The number of rotatable bonds is 0. The Morgan fingerprint density at radius 3 is 2.78 bits per heavy atom. The average molecular weight is 126 g/mol. The highest BCUT2D eigenvalue weighted by Crippen LogP contribution is 2.18. The summed E-state index contributed by atoms with van der Waals surface area (Å²) >= 11 is 0. The van der Waals surface area contributed by atoms with Crippen LogP contribution in [-0.2, 0) is 4.79 Å². The zero-order valence-electron chi connectivity index (χ0n) is 5.42. The molecule has 1 aliphatic rings. The second kappa shape index (κ2) is 2.21. The summed E-state index contributed by atoms with van der Waals surface area (Å²) in [6.45, 7) is 1.96. The number of aliphatic hydroxyl groups excluding tert-OH is 1. The lowest BCUT2D eigenvalue weighted by Gasteiger charge is -2.12. The Morgan fingerprint density at radius 2 is 2.33 bits per heavy atom. The fourth-order valence-corrected chi connectivity index (χ4v) is 1.08. The summed E-state index contributed by atoms with van der Waals surface area (Å²) in [5, 5.41) is 8.89. The first-order chi connectivity index (χ1) is 4.18. The zero-order chi connectivity index (χ0) is 6.85. The van der Waals surface area contributed by atoms with Gasteiger partial charge >= 0.3 is 0 Å². The highest BCUT2D eigenvalue weighted by atomic mass is 16.3. The minimum absolute atomic E-state index is 0.0475. The lowest BCUT2D eigenvalue weighted by Crippen LogP contribution is -2.10. The van der Waals surface area contributed by atoms with E-state index in [1.54, 1.807) is 0 Å². The van der Waals surface area contributed by atoms with Gasteiger partial charge in [-0.1, -0.05) is 6.92 Å². The maximum Gasteiger partial charge on any atom is 0.159 e. The van der Waals surface area contributed by atoms with Crippen molar-refractivity contribution in [1.82, 2.24) is 0 Å². The summed E-state index contributed by atoms with van der Waals surface area (Å²) < 4.78 is 0. The van der Waals surface area contributed by atoms with Crippen molar-refractivity contribution in [3.05, 3.63) is 11.8 Å². The monoisotopic (exact) mass is 126 g/mol. The van der Waals surface area contributed by atoms with Crippen molar-refractivity contribution in [3.63, 3.8) is 0 Å². The number of carbonyl (C=O) groups is 1. The minimum Gasteiger partial charge on any atom is -0.512 e. The topological polar surface area (TPSA) is 37.3 Å². The summed E-state index contributed by atoms with van der Waals surface area (Å²) in [5.41, 5.74) is 0. The van der Waals surface area contributed by atoms with Crippen LogP contribution in [0.3, 0.4) is 0 Å². The summed E-state index contributed by atoms with van der Waals surface area (Å²) in [6, 6.07) is 0. The maximum absolute atomic E-state index is 10.6. The third-order valence-electron chi connectivity index (χ3n) is 1.43. The zero-order valence-corrected chi connectivity index (χ0v) is 5.42. The van der Waals surface area contributed by atoms with Crippen LogP contribution in [0.2, 0.25) is 0 Å². The molecule has 0 fully saturated rings. The van der Waals surface area contributed by atoms with Crippen LogP contribution < -0.4 is 0 Å². The van der Waals surface area contributed by atoms with Crippen molar-refractivity contribution in [2.45, 2.75) is 19.8 Å². The van der Waals surface area contributed by atoms with Gasteiger partial charge in [0.25, 0.3) is 0 Å². The predicted molar refractivity (Wildman–Crippen MR) is 34.1 cm³/mol. The van der Waals surface area contributed by atoms with Gasteiger partial charge < -0.3 is 5.11 Å². The van der Waals surface area contributed by atoms with Gasteiger partial charge in [-0.05, 0) is 5.92 Å². The van der Waals surface area contributed by atoms with Crippen LogP contribution in [0.4, 0.5) is 0 Å². The standard InChI is InChI=1S/C7H10O2/c1-5-2-6(8)4-7(9)3-5/h4-5,8H,2-3H2,1H3/t5-/m0/s1. The number of hydrogen-bond donors (Lipinski definition) is 1. The number of hydrogen-bond acceptors (Lipinski definition) is 2. The molecule has 2 nitrogen and oxygen atoms in total. The van der Waals surface area contributed by atoms with Crippen LogP contribution >= 0.6 is 0 Å². The summed E-state index contributed by atoms with van der Waals surface area (Å²) in [4.78, 5) is 10.6. The van der Waals surface area contributed by atoms with Gasteiger partial charge in [0.15, 0.2) is 5.78 Å². The van der Waals surface area contributed by atoms with Crippen LogP contribution in [0.5, 0.6) is 0 Å². The lowest BCUT2D eigenvalue weighted by atomic mass is 9.94. The summed E-state index contributed by atoms with van der Waals surface area (Å²) in [5.74, 6) is 0.604. The Hall–Kier alpha value is -0.790. The van der Waals surface area contributed by atoms with E-state index in [1.807, 2.05) is 6.92 Å². The molecule has 0 spiro atoms. The second-order valence-electron chi connectivity index (χ2n) is 2.62. The third-order valence-corrected chi connectivity index (χ3v) is 1.43. The SMILES string of the molecule is C[C@@H]1CC(=O)C=C(O)C1. The summed E-state index contributed by atoms with van der Waals surface area (Å²) in [6.07, 6.45) is 2.57. The normalized spacial score (nSPS) is 27.9. The molecule has 0 aromatic rings. The van der Waals surface area contributed by atoms with E-state index in [2.05, 4.69) is 0 Å². The van der Waals surface area contributed by atoms with Crippen LogP contribution in [0.15, 0.2) is 11.8 Å². The molecule has 0 unspecified atom stereocenters. The molecule has 50 valence electrons. The molecule has 1 N–H and O–H groups in total. The molecular formula is C7H10O2. The molecule has 9 heavy (non-hydrogen) atoms. The molecule has 1 atom stereocenters. The molecule has 0 aromatic carbocycles. The summed E-state index contributed by atoms with van der Waals surface area (Å²) in [7, 11) is 0. The van der Waals surface area contributed by atoms with Crippen LogP contribution in [-0.4, -0.2) is 10.9 Å². The first kappa shape index (κ1) is 6.33. The van der Waals surface area contributed by atoms with E-state index in [0.717, 1.165) is 0 Å². The van der Waals surface area contributed by atoms with E-state index >= 15 is 0 Å². The Bertz CT molecular complexity index is 158. The van der Waals surface area contributed by atoms with Gasteiger partial charge in [-0.2, -0.15) is 0 Å². The van der Waals surface area contributed by atoms with Gasteiger partial charge in [0.05, 0.1) is 5.76 Å². The minimum atomic E-state index is 0.0475. The van der Waals surface area contributed by atoms with Crippen molar-refractivity contribution in [1.29, 1.82) is 0 Å². The highest BCUT2D eigenvalue weighted by molar-refractivity contribution is 5.90. The molecule has 0 saturated carbocycles. The molecule has 0 saturated heterocycles. The van der Waals surface area contributed by atoms with Crippen LogP contribution in [0.1, 0.15) is 19.8 Å². The third kappa shape index (κ3) is 1.56. The Morgan fingerprint density at radius 1 is 1.67 bits per heavy atom. The molecule has 0 aliphatic heterocycles. The Kier molecular flexibility index (Phi) is 1.56. The molecule has 0 bridgehead atoms. The van der Waals surface area contributed by atoms with E-state index in [0.29, 0.717) is 18.8 Å². The van der Waals surface area contributed by atoms with E-state index in [9.17, 15) is 4.79 Å². The van der Waals surface area contributed by atoms with Gasteiger partial charge in [0.1, 0.15) is 0 Å². The van der Waals surface area contributed by atoms with E-state index in [4.69, 9.17) is 5.11 Å².